The van der Waals surface area contributed by atoms with Gasteiger partial charge in [0.25, 0.3) is 0 Å². The third kappa shape index (κ3) is 2.33. The lowest BCUT2D eigenvalue weighted by atomic mass is 9.94. The van der Waals surface area contributed by atoms with Crippen molar-refractivity contribution >= 4 is 17.4 Å². The molecule has 2 rings (SSSR count). The monoisotopic (exact) mass is 262 g/mol. The summed E-state index contributed by atoms with van der Waals surface area (Å²) < 4.78 is 5.62. The average Bonchev–Trinajstić information content (AvgIpc) is 2.69. The highest BCUT2D eigenvalue weighted by Gasteiger charge is 2.37. The summed E-state index contributed by atoms with van der Waals surface area (Å²) in [6, 6.07) is 8.23. The van der Waals surface area contributed by atoms with E-state index >= 15 is 0 Å². The number of nitrogens with zero attached hydrogens (tertiary/aromatic N) is 1. The second-order valence-corrected chi connectivity index (χ2v) is 5.65. The predicted octanol–water partition coefficient (Wildman–Crippen LogP) is 3.26. The summed E-state index contributed by atoms with van der Waals surface area (Å²) in [7, 11) is 0. The lowest BCUT2D eigenvalue weighted by Crippen LogP contribution is -2.41. The van der Waals surface area contributed by atoms with Crippen molar-refractivity contribution in [2.75, 3.05) is 18.2 Å². The van der Waals surface area contributed by atoms with E-state index in [0.717, 1.165) is 29.2 Å². The Labute approximate surface area is 113 Å². The first kappa shape index (κ1) is 13.3. The van der Waals surface area contributed by atoms with Crippen molar-refractivity contribution in [2.45, 2.75) is 36.8 Å². The summed E-state index contributed by atoms with van der Waals surface area (Å²) in [6.07, 6.45) is 3.10. The van der Waals surface area contributed by atoms with E-state index in [4.69, 9.17) is 4.74 Å². The zero-order chi connectivity index (χ0) is 13.2. The fourth-order valence-corrected chi connectivity index (χ4v) is 2.80. The molecule has 0 spiro atoms. The molecule has 2 unspecified atom stereocenters. The van der Waals surface area contributed by atoms with Crippen LogP contribution in [-0.2, 0) is 4.74 Å². The minimum atomic E-state index is -0.0946. The second kappa shape index (κ2) is 5.21. The molecule has 1 aliphatic heterocycles. The number of benzene rings is 1. The molecule has 1 aliphatic rings. The van der Waals surface area contributed by atoms with Gasteiger partial charge < -0.3 is 10.1 Å². The molecule has 0 bridgehead atoms. The first-order chi connectivity index (χ1) is 8.60. The van der Waals surface area contributed by atoms with Crippen LogP contribution in [-0.4, -0.2) is 24.5 Å². The Morgan fingerprint density at radius 2 is 2.33 bits per heavy atom. The first-order valence-corrected chi connectivity index (χ1v) is 7.30. The van der Waals surface area contributed by atoms with Gasteiger partial charge in [0.15, 0.2) is 0 Å². The lowest BCUT2D eigenvalue weighted by molar-refractivity contribution is 0.105. The van der Waals surface area contributed by atoms with Gasteiger partial charge in [0.2, 0.25) is 0 Å². The molecular formula is C14H18N2OS. The van der Waals surface area contributed by atoms with Crippen LogP contribution in [0, 0.1) is 11.3 Å². The number of nitriles is 1. The van der Waals surface area contributed by atoms with Gasteiger partial charge in [-0.05, 0) is 38.7 Å². The van der Waals surface area contributed by atoms with Crippen LogP contribution in [0.4, 0.5) is 5.69 Å². The Balaban J connectivity index is 2.32. The van der Waals surface area contributed by atoms with Gasteiger partial charge in [-0.2, -0.15) is 5.26 Å². The number of anilines is 1. The molecule has 1 aromatic carbocycles. The van der Waals surface area contributed by atoms with Gasteiger partial charge in [-0.15, -0.1) is 11.8 Å². The number of ether oxygens (including phenoxy) is 1. The van der Waals surface area contributed by atoms with Crippen LogP contribution in [0.15, 0.2) is 23.1 Å². The molecular weight excluding hydrogens is 244 g/mol. The van der Waals surface area contributed by atoms with Crippen LogP contribution in [0.5, 0.6) is 0 Å². The summed E-state index contributed by atoms with van der Waals surface area (Å²) in [5.41, 5.74) is 1.54. The van der Waals surface area contributed by atoms with E-state index in [0.29, 0.717) is 0 Å². The van der Waals surface area contributed by atoms with E-state index in [2.05, 4.69) is 25.2 Å². The third-order valence-corrected chi connectivity index (χ3v) is 4.44. The molecule has 0 saturated carbocycles. The number of nitrogens with one attached hydrogen (secondary N) is 1. The number of hydrogen-bond acceptors (Lipinski definition) is 4. The number of rotatable bonds is 3. The summed E-state index contributed by atoms with van der Waals surface area (Å²) in [6.45, 7) is 5.00. The molecule has 18 heavy (non-hydrogen) atoms. The van der Waals surface area contributed by atoms with Crippen molar-refractivity contribution in [1.29, 1.82) is 5.26 Å². The minimum Gasteiger partial charge on any atom is -0.376 e. The molecule has 3 nitrogen and oxygen atoms in total. The highest BCUT2D eigenvalue weighted by Crippen LogP contribution is 2.33. The van der Waals surface area contributed by atoms with Gasteiger partial charge in [0.1, 0.15) is 6.07 Å². The molecule has 0 aliphatic carbocycles. The Bertz CT molecular complexity index is 483. The molecule has 2 atom stereocenters. The Morgan fingerprint density at radius 1 is 1.56 bits per heavy atom. The molecule has 0 radical (unpaired) electrons. The van der Waals surface area contributed by atoms with Gasteiger partial charge in [-0.3, -0.25) is 0 Å². The lowest BCUT2D eigenvalue weighted by Gasteiger charge is -2.30. The normalized spacial score (nSPS) is 26.9. The zero-order valence-corrected chi connectivity index (χ0v) is 11.8. The molecule has 96 valence electrons. The molecule has 4 heteroatoms. The van der Waals surface area contributed by atoms with E-state index in [1.165, 1.54) is 0 Å². The van der Waals surface area contributed by atoms with Crippen LogP contribution in [0.2, 0.25) is 0 Å². The quantitative estimate of drug-likeness (QED) is 0.849. The van der Waals surface area contributed by atoms with E-state index in [-0.39, 0.29) is 11.6 Å². The zero-order valence-electron chi connectivity index (χ0n) is 11.0. The smallest absolute Gasteiger partial charge is 0.102 e. The van der Waals surface area contributed by atoms with Crippen LogP contribution >= 0.6 is 11.8 Å². The summed E-state index contributed by atoms with van der Waals surface area (Å²) in [5, 5.41) is 12.8. The maximum absolute atomic E-state index is 9.32. The molecule has 0 aromatic heterocycles. The molecule has 1 heterocycles. The van der Waals surface area contributed by atoms with Gasteiger partial charge in [0.05, 0.1) is 22.9 Å². The Hall–Kier alpha value is -1.18. The Morgan fingerprint density at radius 3 is 2.89 bits per heavy atom. The first-order valence-electron chi connectivity index (χ1n) is 6.07. The van der Waals surface area contributed by atoms with Crippen molar-refractivity contribution in [3.05, 3.63) is 23.8 Å². The van der Waals surface area contributed by atoms with Crippen LogP contribution in [0.1, 0.15) is 25.8 Å². The van der Waals surface area contributed by atoms with Gasteiger partial charge in [-0.25, -0.2) is 0 Å². The summed E-state index contributed by atoms with van der Waals surface area (Å²) >= 11 is 1.60. The fraction of sp³-hybridized carbons (Fsp3) is 0.500. The SMILES string of the molecule is CSc1cccc(NC2(C)CCOC2C)c1C#N. The van der Waals surface area contributed by atoms with Crippen molar-refractivity contribution < 1.29 is 4.74 Å². The van der Waals surface area contributed by atoms with E-state index in [1.807, 2.05) is 24.5 Å². The van der Waals surface area contributed by atoms with Crippen LogP contribution < -0.4 is 5.32 Å². The fourth-order valence-electron chi connectivity index (χ4n) is 2.23. The summed E-state index contributed by atoms with van der Waals surface area (Å²) in [4.78, 5) is 1.01. The standard InChI is InChI=1S/C14H18N2OS/c1-10-14(2,7-8-17-10)16-12-5-4-6-13(18-3)11(12)9-15/h4-6,10,16H,7-8H2,1-3H3. The van der Waals surface area contributed by atoms with Crippen molar-refractivity contribution in [2.24, 2.45) is 0 Å². The highest BCUT2D eigenvalue weighted by molar-refractivity contribution is 7.98. The van der Waals surface area contributed by atoms with Crippen LogP contribution in [0.25, 0.3) is 0 Å². The maximum atomic E-state index is 9.32. The minimum absolute atomic E-state index is 0.0946. The Kier molecular flexibility index (Phi) is 3.84. The largest absolute Gasteiger partial charge is 0.376 e. The molecule has 1 N–H and O–H groups in total. The predicted molar refractivity (Wildman–Crippen MR) is 75.0 cm³/mol. The van der Waals surface area contributed by atoms with E-state index in [1.54, 1.807) is 11.8 Å². The van der Waals surface area contributed by atoms with Crippen molar-refractivity contribution in [3.8, 4) is 6.07 Å². The third-order valence-electron chi connectivity index (χ3n) is 3.66. The number of thioether (sulfide) groups is 1. The highest BCUT2D eigenvalue weighted by atomic mass is 32.2. The van der Waals surface area contributed by atoms with Crippen LogP contribution in [0.3, 0.4) is 0 Å². The molecule has 1 fully saturated rings. The topological polar surface area (TPSA) is 45.0 Å². The van der Waals surface area contributed by atoms with Crippen molar-refractivity contribution in [3.63, 3.8) is 0 Å². The average molecular weight is 262 g/mol. The van der Waals surface area contributed by atoms with Gasteiger partial charge in [0, 0.05) is 11.5 Å². The van der Waals surface area contributed by atoms with Gasteiger partial charge >= 0.3 is 0 Å². The second-order valence-electron chi connectivity index (χ2n) is 4.80. The van der Waals surface area contributed by atoms with E-state index in [9.17, 15) is 5.26 Å². The van der Waals surface area contributed by atoms with E-state index < -0.39 is 0 Å². The molecule has 1 saturated heterocycles. The molecule has 1 aromatic rings. The summed E-state index contributed by atoms with van der Waals surface area (Å²) in [5.74, 6) is 0. The molecule has 0 amide bonds. The number of hydrogen-bond donors (Lipinski definition) is 1. The van der Waals surface area contributed by atoms with Crippen molar-refractivity contribution in [1.82, 2.24) is 0 Å². The van der Waals surface area contributed by atoms with Gasteiger partial charge in [-0.1, -0.05) is 6.07 Å². The maximum Gasteiger partial charge on any atom is 0.102 e.